The van der Waals surface area contributed by atoms with E-state index in [1.165, 1.54) is 0 Å². The average Bonchev–Trinajstić information content (AvgIpc) is 2.74. The van der Waals surface area contributed by atoms with Crippen LogP contribution in [-0.2, 0) is 10.8 Å². The van der Waals surface area contributed by atoms with Crippen LogP contribution in [0.25, 0.3) is 11.0 Å². The van der Waals surface area contributed by atoms with Crippen LogP contribution >= 0.6 is 22.6 Å². The minimum Gasteiger partial charge on any atom is -0.460 e. The third kappa shape index (κ3) is 2.42. The summed E-state index contributed by atoms with van der Waals surface area (Å²) in [6, 6.07) is 13.7. The molecule has 0 bridgehead atoms. The van der Waals surface area contributed by atoms with Crippen LogP contribution in [-0.4, -0.2) is 4.21 Å². The fourth-order valence-corrected chi connectivity index (χ4v) is 3.95. The average molecular weight is 396 g/mol. The molecule has 102 valence electrons. The number of hydrogen-bond donors (Lipinski definition) is 0. The van der Waals surface area contributed by atoms with Gasteiger partial charge in [0.2, 0.25) is 0 Å². The van der Waals surface area contributed by atoms with Gasteiger partial charge in [0, 0.05) is 13.9 Å². The molecule has 1 atom stereocenters. The van der Waals surface area contributed by atoms with Gasteiger partial charge in [0.25, 0.3) is 0 Å². The van der Waals surface area contributed by atoms with Gasteiger partial charge in [-0.3, -0.25) is 0 Å². The molecular formula is C16H13IO2S. The first-order chi connectivity index (χ1) is 9.56. The van der Waals surface area contributed by atoms with E-state index < -0.39 is 10.8 Å². The smallest absolute Gasteiger partial charge is 0.135 e. The van der Waals surface area contributed by atoms with Crippen LogP contribution in [0.2, 0.25) is 0 Å². The van der Waals surface area contributed by atoms with E-state index in [2.05, 4.69) is 22.6 Å². The molecule has 0 N–H and O–H groups in total. The predicted octanol–water partition coefficient (Wildman–Crippen LogP) is 4.82. The van der Waals surface area contributed by atoms with Crippen molar-refractivity contribution in [3.8, 4) is 0 Å². The highest BCUT2D eigenvalue weighted by Crippen LogP contribution is 2.32. The van der Waals surface area contributed by atoms with Gasteiger partial charge >= 0.3 is 0 Å². The number of fused-ring (bicyclic) bond motifs is 1. The van der Waals surface area contributed by atoms with Crippen molar-refractivity contribution >= 4 is 44.4 Å². The first kappa shape index (κ1) is 13.8. The zero-order chi connectivity index (χ0) is 14.3. The lowest BCUT2D eigenvalue weighted by Crippen LogP contribution is -1.94. The van der Waals surface area contributed by atoms with E-state index in [1.807, 2.05) is 56.3 Å². The van der Waals surface area contributed by atoms with Gasteiger partial charge in [-0.1, -0.05) is 17.7 Å². The van der Waals surface area contributed by atoms with Crippen LogP contribution in [0.5, 0.6) is 0 Å². The van der Waals surface area contributed by atoms with Crippen molar-refractivity contribution in [2.75, 3.05) is 0 Å². The Labute approximate surface area is 133 Å². The van der Waals surface area contributed by atoms with Crippen molar-refractivity contribution in [2.24, 2.45) is 0 Å². The molecule has 0 aliphatic heterocycles. The number of hydrogen-bond acceptors (Lipinski definition) is 2. The summed E-state index contributed by atoms with van der Waals surface area (Å²) in [7, 11) is -1.22. The highest BCUT2D eigenvalue weighted by atomic mass is 127. The van der Waals surface area contributed by atoms with Crippen molar-refractivity contribution in [3.05, 3.63) is 57.4 Å². The Kier molecular flexibility index (Phi) is 3.69. The van der Waals surface area contributed by atoms with Crippen molar-refractivity contribution in [1.82, 2.24) is 0 Å². The standard InChI is InChI=1S/C16H13IO2S/c1-10-3-6-13(7-4-10)20(18)16-11(2)19-15-8-5-12(17)9-14(15)16/h3-9H,1-2H3/t20-/m1/s1. The first-order valence-electron chi connectivity index (χ1n) is 6.23. The number of halogens is 1. The molecule has 0 saturated heterocycles. The van der Waals surface area contributed by atoms with E-state index in [0.29, 0.717) is 0 Å². The second-order valence-electron chi connectivity index (χ2n) is 4.71. The number of benzene rings is 2. The molecule has 0 saturated carbocycles. The minimum atomic E-state index is -1.22. The van der Waals surface area contributed by atoms with Crippen molar-refractivity contribution in [2.45, 2.75) is 23.6 Å². The summed E-state index contributed by atoms with van der Waals surface area (Å²) < 4.78 is 19.6. The second kappa shape index (κ2) is 5.33. The van der Waals surface area contributed by atoms with Crippen LogP contribution in [0, 0.1) is 17.4 Å². The summed E-state index contributed by atoms with van der Waals surface area (Å²) in [6.07, 6.45) is 0. The van der Waals surface area contributed by atoms with Crippen LogP contribution in [0.15, 0.2) is 56.7 Å². The van der Waals surface area contributed by atoms with Gasteiger partial charge in [-0.25, -0.2) is 4.21 Å². The van der Waals surface area contributed by atoms with Crippen molar-refractivity contribution in [3.63, 3.8) is 0 Å². The van der Waals surface area contributed by atoms with Gasteiger partial charge < -0.3 is 4.42 Å². The molecule has 0 amide bonds. The van der Waals surface area contributed by atoms with Gasteiger partial charge in [0.05, 0.1) is 15.7 Å². The topological polar surface area (TPSA) is 30.2 Å². The predicted molar refractivity (Wildman–Crippen MR) is 89.5 cm³/mol. The zero-order valence-corrected chi connectivity index (χ0v) is 14.1. The summed E-state index contributed by atoms with van der Waals surface area (Å²) in [5.74, 6) is 0.723. The normalized spacial score (nSPS) is 12.8. The van der Waals surface area contributed by atoms with E-state index in [-0.39, 0.29) is 0 Å². The lowest BCUT2D eigenvalue weighted by atomic mass is 10.2. The van der Waals surface area contributed by atoms with Crippen LogP contribution < -0.4 is 0 Å². The van der Waals surface area contributed by atoms with E-state index >= 15 is 0 Å². The molecule has 20 heavy (non-hydrogen) atoms. The Morgan fingerprint density at radius 2 is 1.75 bits per heavy atom. The fraction of sp³-hybridized carbons (Fsp3) is 0.125. The highest BCUT2D eigenvalue weighted by Gasteiger charge is 2.18. The van der Waals surface area contributed by atoms with Crippen molar-refractivity contribution in [1.29, 1.82) is 0 Å². The number of rotatable bonds is 2. The molecule has 0 aliphatic carbocycles. The summed E-state index contributed by atoms with van der Waals surface area (Å²) in [4.78, 5) is 1.59. The molecule has 0 spiro atoms. The van der Waals surface area contributed by atoms with E-state index in [1.54, 1.807) is 0 Å². The lowest BCUT2D eigenvalue weighted by molar-refractivity contribution is 0.566. The number of furan rings is 1. The first-order valence-corrected chi connectivity index (χ1v) is 8.46. The maximum Gasteiger partial charge on any atom is 0.135 e. The molecule has 1 aromatic heterocycles. The molecule has 0 radical (unpaired) electrons. The molecule has 2 aromatic carbocycles. The van der Waals surface area contributed by atoms with Crippen LogP contribution in [0.4, 0.5) is 0 Å². The second-order valence-corrected chi connectivity index (χ2v) is 7.37. The van der Waals surface area contributed by atoms with Gasteiger partial charge in [-0.05, 0) is 66.8 Å². The molecule has 3 rings (SSSR count). The maximum absolute atomic E-state index is 12.8. The minimum absolute atomic E-state index is 0.723. The molecule has 0 unspecified atom stereocenters. The Morgan fingerprint density at radius 3 is 2.45 bits per heavy atom. The molecule has 1 heterocycles. The molecule has 4 heteroatoms. The highest BCUT2D eigenvalue weighted by molar-refractivity contribution is 14.1. The third-order valence-electron chi connectivity index (χ3n) is 3.19. The Bertz CT molecular complexity index is 803. The molecule has 2 nitrogen and oxygen atoms in total. The monoisotopic (exact) mass is 396 g/mol. The zero-order valence-electron chi connectivity index (χ0n) is 11.1. The summed E-state index contributed by atoms with van der Waals surface area (Å²) in [5, 5.41) is 0.938. The lowest BCUT2D eigenvalue weighted by Gasteiger charge is -2.02. The van der Waals surface area contributed by atoms with Crippen molar-refractivity contribution < 1.29 is 8.63 Å². The quantitative estimate of drug-likeness (QED) is 0.582. The number of aryl methyl sites for hydroxylation is 2. The molecule has 3 aromatic rings. The van der Waals surface area contributed by atoms with E-state index in [9.17, 15) is 4.21 Å². The van der Waals surface area contributed by atoms with Gasteiger partial charge in [-0.15, -0.1) is 0 Å². The summed E-state index contributed by atoms with van der Waals surface area (Å²) >= 11 is 2.26. The molecule has 0 fully saturated rings. The van der Waals surface area contributed by atoms with Crippen LogP contribution in [0.3, 0.4) is 0 Å². The maximum atomic E-state index is 12.8. The summed E-state index contributed by atoms with van der Waals surface area (Å²) in [5.41, 5.74) is 1.95. The van der Waals surface area contributed by atoms with Gasteiger partial charge in [0.15, 0.2) is 0 Å². The largest absolute Gasteiger partial charge is 0.460 e. The fourth-order valence-electron chi connectivity index (χ4n) is 2.18. The third-order valence-corrected chi connectivity index (χ3v) is 5.44. The van der Waals surface area contributed by atoms with Gasteiger partial charge in [-0.2, -0.15) is 0 Å². The molecule has 0 aliphatic rings. The van der Waals surface area contributed by atoms with Gasteiger partial charge in [0.1, 0.15) is 11.3 Å². The Balaban J connectivity index is 2.18. The summed E-state index contributed by atoms with van der Waals surface area (Å²) in [6.45, 7) is 3.89. The van der Waals surface area contributed by atoms with Crippen LogP contribution in [0.1, 0.15) is 11.3 Å². The SMILES string of the molecule is Cc1ccc([S@@](=O)c2c(C)oc3ccc(I)cc23)cc1. The van der Waals surface area contributed by atoms with E-state index in [4.69, 9.17) is 4.42 Å². The Hall–Kier alpha value is -1.14. The molecular weight excluding hydrogens is 383 g/mol. The van der Waals surface area contributed by atoms with E-state index in [0.717, 1.165) is 35.7 Å². The Morgan fingerprint density at radius 1 is 1.05 bits per heavy atom.